The first kappa shape index (κ1) is 26.4. The van der Waals surface area contributed by atoms with E-state index in [9.17, 15) is 14.7 Å². The topological polar surface area (TPSA) is 114 Å². The predicted octanol–water partition coefficient (Wildman–Crippen LogP) is 5.44. The van der Waals surface area contributed by atoms with Crippen LogP contribution in [0.3, 0.4) is 0 Å². The van der Waals surface area contributed by atoms with Gasteiger partial charge in [-0.1, -0.05) is 42.5 Å². The van der Waals surface area contributed by atoms with Gasteiger partial charge in [0.15, 0.2) is 5.66 Å². The number of aliphatic hydroxyl groups is 1. The number of para-hydroxylation sites is 3. The van der Waals surface area contributed by atoms with Crippen molar-refractivity contribution in [3.8, 4) is 11.5 Å². The summed E-state index contributed by atoms with van der Waals surface area (Å²) in [5, 5.41) is 15.2. The van der Waals surface area contributed by atoms with E-state index in [1.54, 1.807) is 92.0 Å². The Labute approximate surface area is 232 Å². The van der Waals surface area contributed by atoms with Crippen molar-refractivity contribution in [3.05, 3.63) is 119 Å². The lowest BCUT2D eigenvalue weighted by molar-refractivity contribution is -0.132. The van der Waals surface area contributed by atoms with E-state index >= 15 is 0 Å². The monoisotopic (exact) mass is 535 g/mol. The van der Waals surface area contributed by atoms with Gasteiger partial charge in [0.1, 0.15) is 17.3 Å². The summed E-state index contributed by atoms with van der Waals surface area (Å²) in [7, 11) is 3.09. The van der Waals surface area contributed by atoms with E-state index in [1.807, 2.05) is 19.1 Å². The van der Waals surface area contributed by atoms with Crippen LogP contribution in [0.15, 0.2) is 103 Å². The quantitative estimate of drug-likeness (QED) is 0.125. The Morgan fingerprint density at radius 3 is 2.00 bits per heavy atom. The van der Waals surface area contributed by atoms with Crippen LogP contribution in [-0.2, 0) is 15.3 Å². The minimum absolute atomic E-state index is 0.140. The summed E-state index contributed by atoms with van der Waals surface area (Å²) in [4.78, 5) is 29.4. The third-order valence-electron chi connectivity index (χ3n) is 7.06. The fourth-order valence-electron chi connectivity index (χ4n) is 5.02. The first-order valence-electron chi connectivity index (χ1n) is 12.6. The van der Waals surface area contributed by atoms with Gasteiger partial charge in [-0.15, -0.1) is 0 Å². The number of carbonyl (C=O) groups is 2. The number of aliphatic hydroxyl groups excluding tert-OH is 1. The summed E-state index contributed by atoms with van der Waals surface area (Å²) >= 11 is 0. The molecule has 1 saturated heterocycles. The number of hydrogen-bond acceptors (Lipinski definition) is 7. The number of anilines is 3. The molecule has 4 aromatic carbocycles. The summed E-state index contributed by atoms with van der Waals surface area (Å²) in [6, 6.07) is 27.9. The number of methoxy groups -OCH3 is 2. The highest BCUT2D eigenvalue weighted by Gasteiger charge is 2.59. The molecule has 4 N–H and O–H groups in total. The zero-order valence-corrected chi connectivity index (χ0v) is 22.3. The molecular formula is C32H29N3O5. The van der Waals surface area contributed by atoms with Gasteiger partial charge >= 0.3 is 5.91 Å². The van der Waals surface area contributed by atoms with Crippen LogP contribution in [0.4, 0.5) is 17.1 Å². The minimum atomic E-state index is -1.69. The predicted molar refractivity (Wildman–Crippen MR) is 155 cm³/mol. The molecule has 1 unspecified atom stereocenters. The highest BCUT2D eigenvalue weighted by Crippen LogP contribution is 2.49. The number of carbonyl (C=O) groups excluding carboxylic acids is 2. The molecule has 0 spiro atoms. The van der Waals surface area contributed by atoms with E-state index in [-0.39, 0.29) is 11.3 Å². The van der Waals surface area contributed by atoms with Gasteiger partial charge in [0.05, 0.1) is 36.9 Å². The van der Waals surface area contributed by atoms with Crippen LogP contribution in [0, 0.1) is 6.92 Å². The number of ether oxygens (including phenoxy) is 2. The van der Waals surface area contributed by atoms with Crippen LogP contribution in [0.1, 0.15) is 16.7 Å². The summed E-state index contributed by atoms with van der Waals surface area (Å²) in [5.41, 5.74) is 7.51. The molecule has 0 radical (unpaired) electrons. The average molecular weight is 536 g/mol. The van der Waals surface area contributed by atoms with Crippen molar-refractivity contribution in [3.63, 3.8) is 0 Å². The molecular weight excluding hydrogens is 506 g/mol. The smallest absolute Gasteiger partial charge is 0.301 e. The molecule has 1 aliphatic rings. The Morgan fingerprint density at radius 2 is 1.40 bits per heavy atom. The van der Waals surface area contributed by atoms with Crippen LogP contribution in [0.25, 0.3) is 5.76 Å². The first-order valence-corrected chi connectivity index (χ1v) is 12.6. The lowest BCUT2D eigenvalue weighted by Crippen LogP contribution is -2.51. The van der Waals surface area contributed by atoms with Crippen molar-refractivity contribution in [2.45, 2.75) is 12.6 Å². The van der Waals surface area contributed by atoms with Crippen LogP contribution in [0.5, 0.6) is 11.5 Å². The third-order valence-corrected chi connectivity index (χ3v) is 7.06. The van der Waals surface area contributed by atoms with Crippen molar-refractivity contribution in [1.82, 2.24) is 0 Å². The molecule has 1 aliphatic heterocycles. The molecule has 1 heterocycles. The lowest BCUT2D eigenvalue weighted by Gasteiger charge is -2.41. The Hall–Kier alpha value is -5.24. The largest absolute Gasteiger partial charge is 0.507 e. The average Bonchev–Trinajstić information content (AvgIpc) is 3.20. The van der Waals surface area contributed by atoms with Crippen molar-refractivity contribution in [1.29, 1.82) is 0 Å². The third kappa shape index (κ3) is 4.29. The summed E-state index contributed by atoms with van der Waals surface area (Å²) in [6.07, 6.45) is 0. The molecule has 40 heavy (non-hydrogen) atoms. The second-order valence-corrected chi connectivity index (χ2v) is 9.36. The number of nitrogens with one attached hydrogen (secondary N) is 1. The molecule has 0 saturated carbocycles. The number of benzene rings is 4. The molecule has 0 aromatic heterocycles. The second kappa shape index (κ2) is 10.5. The Balaban J connectivity index is 1.89. The molecule has 5 rings (SSSR count). The Morgan fingerprint density at radius 1 is 0.825 bits per heavy atom. The number of Topliss-reactive ketones (excluding diaryl/α,β-unsaturated/α-hetero) is 1. The highest BCUT2D eigenvalue weighted by molar-refractivity contribution is 6.52. The van der Waals surface area contributed by atoms with E-state index in [0.29, 0.717) is 39.7 Å². The molecule has 1 fully saturated rings. The van der Waals surface area contributed by atoms with Crippen LogP contribution in [0.2, 0.25) is 0 Å². The van der Waals surface area contributed by atoms with E-state index < -0.39 is 17.4 Å². The lowest BCUT2D eigenvalue weighted by atomic mass is 9.87. The number of amides is 1. The second-order valence-electron chi connectivity index (χ2n) is 9.36. The van der Waals surface area contributed by atoms with Gasteiger partial charge in [-0.3, -0.25) is 14.5 Å². The maximum Gasteiger partial charge on any atom is 0.301 e. The van der Waals surface area contributed by atoms with Gasteiger partial charge < -0.3 is 25.6 Å². The SMILES string of the molecule is COc1ccc(/C(O)=C2/C(=O)C(=O)N(c3ccccc3C)C2(Nc2ccccc2N)c2ccc(OC)cc2)cc1. The fourth-order valence-corrected chi connectivity index (χ4v) is 5.02. The molecule has 8 nitrogen and oxygen atoms in total. The summed E-state index contributed by atoms with van der Waals surface area (Å²) < 4.78 is 10.6. The summed E-state index contributed by atoms with van der Waals surface area (Å²) in [5.74, 6) is -0.846. The maximum atomic E-state index is 14.0. The van der Waals surface area contributed by atoms with Gasteiger partial charge in [0, 0.05) is 11.1 Å². The van der Waals surface area contributed by atoms with Crippen LogP contribution < -0.4 is 25.4 Å². The van der Waals surface area contributed by atoms with E-state index in [0.717, 1.165) is 5.56 Å². The zero-order valence-electron chi connectivity index (χ0n) is 22.3. The van der Waals surface area contributed by atoms with Crippen LogP contribution >= 0.6 is 0 Å². The van der Waals surface area contributed by atoms with Gasteiger partial charge in [-0.25, -0.2) is 0 Å². The van der Waals surface area contributed by atoms with Gasteiger partial charge in [-0.2, -0.15) is 0 Å². The first-order chi connectivity index (χ1) is 19.3. The molecule has 8 heteroatoms. The number of nitrogens with zero attached hydrogens (tertiary/aromatic N) is 1. The Kier molecular flexibility index (Phi) is 6.92. The number of rotatable bonds is 7. The number of nitrogens with two attached hydrogens (primary N) is 1. The van der Waals surface area contributed by atoms with Crippen LogP contribution in [-0.4, -0.2) is 31.0 Å². The standard InChI is InChI=1S/C32H29N3O5/c1-20-8-4-7-11-27(20)35-31(38)30(37)28(29(36)21-12-16-23(39-2)17-13-21)32(35,22-14-18-24(40-3)19-15-22)34-26-10-6-5-9-25(26)33/h4-19,34,36H,33H2,1-3H3/b29-28+. The number of nitrogen functional groups attached to an aromatic ring is 1. The zero-order chi connectivity index (χ0) is 28.4. The normalized spacial score (nSPS) is 18.0. The van der Waals surface area contributed by atoms with Gasteiger partial charge in [0.2, 0.25) is 0 Å². The maximum absolute atomic E-state index is 14.0. The van der Waals surface area contributed by atoms with E-state index in [1.165, 1.54) is 12.0 Å². The number of hydrogen-bond donors (Lipinski definition) is 3. The van der Waals surface area contributed by atoms with E-state index in [2.05, 4.69) is 5.32 Å². The van der Waals surface area contributed by atoms with Crippen molar-refractivity contribution >= 4 is 34.5 Å². The van der Waals surface area contributed by atoms with Crippen molar-refractivity contribution < 1.29 is 24.2 Å². The highest BCUT2D eigenvalue weighted by atomic mass is 16.5. The van der Waals surface area contributed by atoms with Gasteiger partial charge in [-0.05, 0) is 67.1 Å². The minimum Gasteiger partial charge on any atom is -0.507 e. The van der Waals surface area contributed by atoms with Crippen molar-refractivity contribution in [2.24, 2.45) is 0 Å². The van der Waals surface area contributed by atoms with Gasteiger partial charge in [0.25, 0.3) is 5.78 Å². The Bertz CT molecular complexity index is 1610. The molecule has 0 bridgehead atoms. The number of ketones is 1. The van der Waals surface area contributed by atoms with E-state index in [4.69, 9.17) is 15.2 Å². The molecule has 1 amide bonds. The summed E-state index contributed by atoms with van der Waals surface area (Å²) in [6.45, 7) is 1.85. The molecule has 202 valence electrons. The van der Waals surface area contributed by atoms with Crippen molar-refractivity contribution in [2.75, 3.05) is 30.2 Å². The number of aryl methyl sites for hydroxylation is 1. The molecule has 0 aliphatic carbocycles. The molecule has 1 atom stereocenters. The fraction of sp³-hybridized carbons (Fsp3) is 0.125. The molecule has 4 aromatic rings.